The van der Waals surface area contributed by atoms with E-state index in [-0.39, 0.29) is 11.3 Å². The van der Waals surface area contributed by atoms with Crippen LogP contribution in [0.2, 0.25) is 0 Å². The Labute approximate surface area is 83.6 Å². The Morgan fingerprint density at radius 3 is 2.29 bits per heavy atom. The lowest BCUT2D eigenvalue weighted by Gasteiger charge is -2.19. The van der Waals surface area contributed by atoms with E-state index in [9.17, 15) is 4.79 Å². The number of ether oxygens (including phenoxy) is 1. The van der Waals surface area contributed by atoms with Gasteiger partial charge in [0.15, 0.2) is 0 Å². The van der Waals surface area contributed by atoms with Gasteiger partial charge in [0.2, 0.25) is 0 Å². The van der Waals surface area contributed by atoms with E-state index in [0.717, 1.165) is 0 Å². The lowest BCUT2D eigenvalue weighted by molar-refractivity contribution is -0.149. The molecule has 0 aromatic heterocycles. The standard InChI is InChI=1S/C10H12N2O2/c1-7(6-11)8(12-5)9(13)14-10(2,3)4/h1-4H3/b8-7+. The molecule has 0 spiro atoms. The minimum Gasteiger partial charge on any atom is -0.465 e. The molecule has 0 N–H and O–H groups in total. The fourth-order valence-electron chi connectivity index (χ4n) is 0.662. The smallest absolute Gasteiger partial charge is 0.337 e. The van der Waals surface area contributed by atoms with Crippen LogP contribution in [0.25, 0.3) is 4.85 Å². The van der Waals surface area contributed by atoms with Crippen molar-refractivity contribution in [2.75, 3.05) is 0 Å². The maximum absolute atomic E-state index is 11.3. The first kappa shape index (κ1) is 12.2. The number of esters is 1. The maximum atomic E-state index is 11.3. The summed E-state index contributed by atoms with van der Waals surface area (Å²) in [5.41, 5.74) is -0.820. The summed E-state index contributed by atoms with van der Waals surface area (Å²) in [6.45, 7) is 13.3. The first-order chi connectivity index (χ1) is 6.31. The Hall–Kier alpha value is -1.81. The van der Waals surface area contributed by atoms with Crippen LogP contribution in [0.1, 0.15) is 27.7 Å². The van der Waals surface area contributed by atoms with Crippen LogP contribution in [0.5, 0.6) is 0 Å². The average Bonchev–Trinajstić information content (AvgIpc) is 2.01. The van der Waals surface area contributed by atoms with Gasteiger partial charge in [-0.25, -0.2) is 4.85 Å². The minimum atomic E-state index is -0.744. The second-order valence-electron chi connectivity index (χ2n) is 3.70. The largest absolute Gasteiger partial charge is 0.465 e. The normalized spacial score (nSPS) is 12.1. The van der Waals surface area contributed by atoms with Gasteiger partial charge in [0.1, 0.15) is 5.60 Å². The molecule has 0 aromatic carbocycles. The van der Waals surface area contributed by atoms with E-state index < -0.39 is 11.6 Å². The Balaban J connectivity index is 4.89. The molecule has 4 nitrogen and oxygen atoms in total. The predicted molar refractivity (Wildman–Crippen MR) is 50.8 cm³/mol. The van der Waals surface area contributed by atoms with Crippen molar-refractivity contribution >= 4 is 5.97 Å². The van der Waals surface area contributed by atoms with Crippen molar-refractivity contribution in [3.8, 4) is 6.07 Å². The number of nitrogens with zero attached hydrogens (tertiary/aromatic N) is 2. The molecule has 0 aliphatic heterocycles. The summed E-state index contributed by atoms with van der Waals surface area (Å²) in [7, 11) is 0. The van der Waals surface area contributed by atoms with Crippen LogP contribution < -0.4 is 0 Å². The van der Waals surface area contributed by atoms with Crippen LogP contribution >= 0.6 is 0 Å². The molecule has 74 valence electrons. The average molecular weight is 192 g/mol. The number of allylic oxidation sites excluding steroid dienone is 1. The van der Waals surface area contributed by atoms with Gasteiger partial charge in [-0.05, 0) is 27.7 Å². The summed E-state index contributed by atoms with van der Waals surface area (Å²) >= 11 is 0. The molecule has 0 saturated heterocycles. The zero-order valence-electron chi connectivity index (χ0n) is 8.71. The molecule has 0 amide bonds. The molecule has 4 heteroatoms. The highest BCUT2D eigenvalue weighted by Gasteiger charge is 2.21. The summed E-state index contributed by atoms with van der Waals surface area (Å²) in [6, 6.07) is 1.75. The van der Waals surface area contributed by atoms with Gasteiger partial charge in [-0.2, -0.15) is 5.26 Å². The van der Waals surface area contributed by atoms with Gasteiger partial charge >= 0.3 is 5.97 Å². The molecule has 0 radical (unpaired) electrons. The molecular formula is C10H12N2O2. The van der Waals surface area contributed by atoms with Gasteiger partial charge in [-0.15, -0.1) is 0 Å². The van der Waals surface area contributed by atoms with E-state index in [4.69, 9.17) is 16.6 Å². The third kappa shape index (κ3) is 3.73. The third-order valence-corrected chi connectivity index (χ3v) is 1.23. The molecular weight excluding hydrogens is 180 g/mol. The van der Waals surface area contributed by atoms with Crippen molar-refractivity contribution in [1.82, 2.24) is 0 Å². The van der Waals surface area contributed by atoms with E-state index >= 15 is 0 Å². The van der Waals surface area contributed by atoms with Gasteiger partial charge in [0, 0.05) is 5.57 Å². The molecule has 0 heterocycles. The summed E-state index contributed by atoms with van der Waals surface area (Å²) in [4.78, 5) is 14.3. The lowest BCUT2D eigenvalue weighted by atomic mass is 10.2. The zero-order valence-corrected chi connectivity index (χ0v) is 8.71. The van der Waals surface area contributed by atoms with E-state index in [2.05, 4.69) is 4.85 Å². The van der Waals surface area contributed by atoms with E-state index in [1.807, 2.05) is 0 Å². The molecule has 0 aliphatic rings. The second kappa shape index (κ2) is 4.43. The summed E-state index contributed by atoms with van der Waals surface area (Å²) in [5, 5.41) is 8.52. The molecule has 0 atom stereocenters. The predicted octanol–water partition coefficient (Wildman–Crippen LogP) is 2.04. The van der Waals surface area contributed by atoms with Crippen LogP contribution in [0, 0.1) is 17.9 Å². The monoisotopic (exact) mass is 192 g/mol. The van der Waals surface area contributed by atoms with Crippen LogP contribution in [0.3, 0.4) is 0 Å². The lowest BCUT2D eigenvalue weighted by Crippen LogP contribution is -2.24. The Morgan fingerprint density at radius 2 is 2.00 bits per heavy atom. The van der Waals surface area contributed by atoms with E-state index in [1.54, 1.807) is 26.8 Å². The minimum absolute atomic E-state index is 0.0780. The van der Waals surface area contributed by atoms with Crippen molar-refractivity contribution in [3.05, 3.63) is 22.7 Å². The number of carbonyl (C=O) groups excluding carboxylic acids is 1. The molecule has 0 unspecified atom stereocenters. The fourth-order valence-corrected chi connectivity index (χ4v) is 0.662. The number of hydrogen-bond acceptors (Lipinski definition) is 3. The van der Waals surface area contributed by atoms with Crippen LogP contribution in [0.15, 0.2) is 11.3 Å². The summed E-state index contributed by atoms with van der Waals surface area (Å²) in [5.74, 6) is -0.744. The topological polar surface area (TPSA) is 54.5 Å². The van der Waals surface area contributed by atoms with E-state index in [1.165, 1.54) is 6.92 Å². The Kier molecular flexibility index (Phi) is 3.86. The van der Waals surface area contributed by atoms with Gasteiger partial charge < -0.3 is 4.74 Å². The van der Waals surface area contributed by atoms with Gasteiger partial charge in [-0.1, -0.05) is 0 Å². The quantitative estimate of drug-likeness (QED) is 0.276. The molecule has 0 fully saturated rings. The maximum Gasteiger partial charge on any atom is 0.337 e. The number of hydrogen-bond donors (Lipinski definition) is 0. The summed E-state index contributed by atoms with van der Waals surface area (Å²) in [6.07, 6.45) is 0. The van der Waals surface area contributed by atoms with Gasteiger partial charge in [0.25, 0.3) is 5.70 Å². The first-order valence-corrected chi connectivity index (χ1v) is 4.03. The number of rotatable bonds is 1. The van der Waals surface area contributed by atoms with Crippen LogP contribution in [-0.4, -0.2) is 11.6 Å². The molecule has 14 heavy (non-hydrogen) atoms. The number of nitriles is 1. The highest BCUT2D eigenvalue weighted by molar-refractivity contribution is 5.92. The van der Waals surface area contributed by atoms with E-state index in [0.29, 0.717) is 0 Å². The van der Waals surface area contributed by atoms with Crippen LogP contribution in [-0.2, 0) is 9.53 Å². The zero-order chi connectivity index (χ0) is 11.4. The second-order valence-corrected chi connectivity index (χ2v) is 3.70. The highest BCUT2D eigenvalue weighted by atomic mass is 16.6. The van der Waals surface area contributed by atoms with Crippen molar-refractivity contribution in [1.29, 1.82) is 5.26 Å². The first-order valence-electron chi connectivity index (χ1n) is 4.03. The summed E-state index contributed by atoms with van der Waals surface area (Å²) < 4.78 is 4.95. The Morgan fingerprint density at radius 1 is 1.50 bits per heavy atom. The van der Waals surface area contributed by atoms with Crippen molar-refractivity contribution in [2.24, 2.45) is 0 Å². The van der Waals surface area contributed by atoms with Gasteiger partial charge in [-0.3, -0.25) is 4.79 Å². The fraction of sp³-hybridized carbons (Fsp3) is 0.500. The molecule has 0 aromatic rings. The van der Waals surface area contributed by atoms with Crippen molar-refractivity contribution in [2.45, 2.75) is 33.3 Å². The van der Waals surface area contributed by atoms with Crippen molar-refractivity contribution < 1.29 is 9.53 Å². The SMILES string of the molecule is [C-]#[N+]/C(C(=O)OC(C)(C)C)=C(\C)C#N. The molecule has 0 saturated carbocycles. The number of carbonyl (C=O) groups is 1. The third-order valence-electron chi connectivity index (χ3n) is 1.23. The molecule has 0 aliphatic carbocycles. The Bertz CT molecular complexity index is 348. The van der Waals surface area contributed by atoms with Crippen molar-refractivity contribution in [3.63, 3.8) is 0 Å². The van der Waals surface area contributed by atoms with Gasteiger partial charge in [0.05, 0.1) is 12.6 Å². The van der Waals surface area contributed by atoms with Crippen LogP contribution in [0.4, 0.5) is 0 Å². The molecule has 0 rings (SSSR count). The molecule has 0 bridgehead atoms. The highest BCUT2D eigenvalue weighted by Crippen LogP contribution is 2.14.